The Bertz CT molecular complexity index is 1010. The van der Waals surface area contributed by atoms with Crippen LogP contribution in [0.5, 0.6) is 5.75 Å². The Hall–Kier alpha value is -1.76. The smallest absolute Gasteiger partial charge is 0.140 e. The highest BCUT2D eigenvalue weighted by atomic mass is 79.9. The topological polar surface area (TPSA) is 37.4 Å². The van der Waals surface area contributed by atoms with Gasteiger partial charge >= 0.3 is 0 Å². The van der Waals surface area contributed by atoms with Crippen molar-refractivity contribution in [3.8, 4) is 5.75 Å². The minimum atomic E-state index is 0.681. The van der Waals surface area contributed by atoms with Crippen molar-refractivity contribution >= 4 is 44.4 Å². The van der Waals surface area contributed by atoms with Crippen molar-refractivity contribution in [3.63, 3.8) is 0 Å². The zero-order valence-corrected chi connectivity index (χ0v) is 19.9. The second kappa shape index (κ2) is 10.0. The molecule has 1 aromatic heterocycles. The van der Waals surface area contributed by atoms with Crippen LogP contribution in [0, 0.1) is 0 Å². The van der Waals surface area contributed by atoms with Crippen LogP contribution in [0.1, 0.15) is 24.8 Å². The average molecular weight is 486 g/mol. The monoisotopic (exact) mass is 485 g/mol. The third kappa shape index (κ3) is 5.10. The highest BCUT2D eigenvalue weighted by Gasteiger charge is 2.20. The van der Waals surface area contributed by atoms with E-state index < -0.39 is 0 Å². The summed E-state index contributed by atoms with van der Waals surface area (Å²) in [7, 11) is 3.96. The summed E-state index contributed by atoms with van der Waals surface area (Å²) < 4.78 is 6.62. The van der Waals surface area contributed by atoms with E-state index in [-0.39, 0.29) is 0 Å². The van der Waals surface area contributed by atoms with Crippen molar-refractivity contribution in [1.82, 2.24) is 9.88 Å². The van der Waals surface area contributed by atoms with E-state index in [4.69, 9.17) is 9.72 Å². The standard InChI is InChI=1S/C24H28BrN3OS/c1-28-13-5-7-20(28)11-12-26-24-23(15-17-6-3-4-8-21(17)27-24)30-16-18-14-19(25)9-10-22(18)29-2/h3-4,6,8-10,14-15,20H,5,7,11-13,16H2,1-2H3,(H,26,27). The molecule has 0 saturated carbocycles. The fourth-order valence-corrected chi connectivity index (χ4v) is 5.46. The molecule has 158 valence electrons. The number of methoxy groups -OCH3 is 1. The van der Waals surface area contributed by atoms with Gasteiger partial charge in [0.2, 0.25) is 0 Å². The van der Waals surface area contributed by atoms with Crippen molar-refractivity contribution in [3.05, 3.63) is 58.6 Å². The van der Waals surface area contributed by atoms with Crippen LogP contribution in [0.15, 0.2) is 57.9 Å². The lowest BCUT2D eigenvalue weighted by molar-refractivity contribution is 0.301. The molecule has 1 atom stereocenters. The van der Waals surface area contributed by atoms with Crippen molar-refractivity contribution in [2.45, 2.75) is 36.0 Å². The predicted octanol–water partition coefficient (Wildman–Crippen LogP) is 6.19. The lowest BCUT2D eigenvalue weighted by atomic mass is 10.1. The number of nitrogens with zero attached hydrogens (tertiary/aromatic N) is 2. The molecule has 0 spiro atoms. The summed E-state index contributed by atoms with van der Waals surface area (Å²) in [4.78, 5) is 8.60. The average Bonchev–Trinajstić information content (AvgIpc) is 3.17. The van der Waals surface area contributed by atoms with Gasteiger partial charge in [-0.2, -0.15) is 0 Å². The van der Waals surface area contributed by atoms with E-state index in [2.05, 4.69) is 63.5 Å². The van der Waals surface area contributed by atoms with Crippen LogP contribution in [0.3, 0.4) is 0 Å². The lowest BCUT2D eigenvalue weighted by Crippen LogP contribution is -2.27. The molecule has 1 fully saturated rings. The number of para-hydroxylation sites is 1. The minimum absolute atomic E-state index is 0.681. The van der Waals surface area contributed by atoms with Crippen molar-refractivity contribution in [1.29, 1.82) is 0 Å². The SMILES string of the molecule is COc1ccc(Br)cc1CSc1cc2ccccc2nc1NCCC1CCCN1C. The fraction of sp³-hybridized carbons (Fsp3) is 0.375. The predicted molar refractivity (Wildman–Crippen MR) is 131 cm³/mol. The maximum Gasteiger partial charge on any atom is 0.140 e. The van der Waals surface area contributed by atoms with Gasteiger partial charge < -0.3 is 15.0 Å². The summed E-state index contributed by atoms with van der Waals surface area (Å²) in [6.07, 6.45) is 3.76. The molecule has 1 saturated heterocycles. The first-order valence-corrected chi connectivity index (χ1v) is 12.2. The summed E-state index contributed by atoms with van der Waals surface area (Å²) in [6, 6.07) is 17.4. The molecule has 0 amide bonds. The molecule has 4 nitrogen and oxygen atoms in total. The lowest BCUT2D eigenvalue weighted by Gasteiger charge is -2.20. The molecule has 1 aliphatic heterocycles. The Kier molecular flexibility index (Phi) is 7.18. The highest BCUT2D eigenvalue weighted by molar-refractivity contribution is 9.10. The van der Waals surface area contributed by atoms with E-state index in [1.54, 1.807) is 18.9 Å². The number of ether oxygens (including phenoxy) is 1. The van der Waals surface area contributed by atoms with E-state index in [0.717, 1.165) is 40.3 Å². The van der Waals surface area contributed by atoms with Gasteiger partial charge in [-0.1, -0.05) is 34.1 Å². The van der Waals surface area contributed by atoms with Gasteiger partial charge in [0, 0.05) is 33.8 Å². The first-order chi connectivity index (χ1) is 14.6. The summed E-state index contributed by atoms with van der Waals surface area (Å²) in [5.74, 6) is 2.72. The number of likely N-dealkylation sites (tertiary alicyclic amines) is 1. The molecule has 0 bridgehead atoms. The summed E-state index contributed by atoms with van der Waals surface area (Å²) in [6.45, 7) is 2.16. The summed E-state index contributed by atoms with van der Waals surface area (Å²) >= 11 is 5.38. The number of anilines is 1. The van der Waals surface area contributed by atoms with Gasteiger partial charge in [0.25, 0.3) is 0 Å². The molecule has 0 radical (unpaired) electrons. The highest BCUT2D eigenvalue weighted by Crippen LogP contribution is 2.35. The van der Waals surface area contributed by atoms with Crippen LogP contribution in [-0.2, 0) is 5.75 Å². The van der Waals surface area contributed by atoms with E-state index in [1.807, 2.05) is 18.2 Å². The second-order valence-corrected chi connectivity index (χ2v) is 9.70. The van der Waals surface area contributed by atoms with Gasteiger partial charge in [0.1, 0.15) is 11.6 Å². The number of thioether (sulfide) groups is 1. The fourth-order valence-electron chi connectivity index (χ4n) is 4.05. The van der Waals surface area contributed by atoms with E-state index in [1.165, 1.54) is 35.2 Å². The molecule has 2 aromatic carbocycles. The van der Waals surface area contributed by atoms with Crippen molar-refractivity contribution in [2.24, 2.45) is 0 Å². The van der Waals surface area contributed by atoms with Crippen molar-refractivity contribution in [2.75, 3.05) is 32.6 Å². The van der Waals surface area contributed by atoms with Crippen molar-refractivity contribution < 1.29 is 4.74 Å². The Balaban J connectivity index is 1.53. The van der Waals surface area contributed by atoms with Crippen LogP contribution in [0.4, 0.5) is 5.82 Å². The summed E-state index contributed by atoms with van der Waals surface area (Å²) in [5, 5.41) is 4.80. The molecule has 1 unspecified atom stereocenters. The normalized spacial score (nSPS) is 16.8. The molecule has 3 aromatic rings. The Labute approximate surface area is 191 Å². The number of hydrogen-bond acceptors (Lipinski definition) is 5. The molecular formula is C24H28BrN3OS. The molecule has 0 aliphatic carbocycles. The third-order valence-electron chi connectivity index (χ3n) is 5.76. The van der Waals surface area contributed by atoms with Gasteiger partial charge in [-0.3, -0.25) is 0 Å². The van der Waals surface area contributed by atoms with Crippen LogP contribution < -0.4 is 10.1 Å². The summed E-state index contributed by atoms with van der Waals surface area (Å²) in [5.41, 5.74) is 2.20. The minimum Gasteiger partial charge on any atom is -0.496 e. The number of benzene rings is 2. The molecule has 1 N–H and O–H groups in total. The number of rotatable bonds is 8. The molecular weight excluding hydrogens is 458 g/mol. The number of fused-ring (bicyclic) bond motifs is 1. The van der Waals surface area contributed by atoms with Gasteiger partial charge in [-0.25, -0.2) is 4.98 Å². The number of aromatic nitrogens is 1. The second-order valence-electron chi connectivity index (χ2n) is 7.76. The number of nitrogens with one attached hydrogen (secondary N) is 1. The maximum absolute atomic E-state index is 5.55. The zero-order valence-electron chi connectivity index (χ0n) is 17.5. The van der Waals surface area contributed by atoms with E-state index >= 15 is 0 Å². The van der Waals surface area contributed by atoms with Gasteiger partial charge in [-0.15, -0.1) is 11.8 Å². The van der Waals surface area contributed by atoms with Gasteiger partial charge in [-0.05, 0) is 63.2 Å². The Morgan fingerprint density at radius 1 is 1.23 bits per heavy atom. The molecule has 2 heterocycles. The van der Waals surface area contributed by atoms with E-state index in [0.29, 0.717) is 6.04 Å². The molecule has 6 heteroatoms. The largest absolute Gasteiger partial charge is 0.496 e. The Morgan fingerprint density at radius 2 is 2.10 bits per heavy atom. The zero-order chi connectivity index (χ0) is 20.9. The Morgan fingerprint density at radius 3 is 2.90 bits per heavy atom. The van der Waals surface area contributed by atoms with Crippen LogP contribution in [0.2, 0.25) is 0 Å². The molecule has 30 heavy (non-hydrogen) atoms. The maximum atomic E-state index is 5.55. The third-order valence-corrected chi connectivity index (χ3v) is 7.33. The number of hydrogen-bond donors (Lipinski definition) is 1. The van der Waals surface area contributed by atoms with Gasteiger partial charge in [0.15, 0.2) is 0 Å². The first-order valence-electron chi connectivity index (χ1n) is 10.4. The first kappa shape index (κ1) is 21.5. The van der Waals surface area contributed by atoms with Crippen LogP contribution in [0.25, 0.3) is 10.9 Å². The number of pyridine rings is 1. The molecule has 4 rings (SSSR count). The van der Waals surface area contributed by atoms with Gasteiger partial charge in [0.05, 0.1) is 17.5 Å². The van der Waals surface area contributed by atoms with Crippen LogP contribution in [-0.4, -0.2) is 43.2 Å². The van der Waals surface area contributed by atoms with E-state index in [9.17, 15) is 0 Å². The number of halogens is 1. The molecule has 1 aliphatic rings. The quantitative estimate of drug-likeness (QED) is 0.384. The van der Waals surface area contributed by atoms with Crippen LogP contribution >= 0.6 is 27.7 Å².